The SMILES string of the molecule is N#CC1(NC(=O)C2(NC(=O)c3cc4ccc(Br)cc4o3)CCCCCC2)CC1. The lowest BCUT2D eigenvalue weighted by Crippen LogP contribution is -2.60. The van der Waals surface area contributed by atoms with Gasteiger partial charge in [0.25, 0.3) is 5.91 Å². The first-order valence-electron chi connectivity index (χ1n) is 9.71. The molecule has 0 aliphatic heterocycles. The third-order valence-electron chi connectivity index (χ3n) is 5.77. The highest BCUT2D eigenvalue weighted by atomic mass is 79.9. The first-order chi connectivity index (χ1) is 13.5. The molecule has 4 rings (SSSR count). The van der Waals surface area contributed by atoms with E-state index in [-0.39, 0.29) is 11.7 Å². The van der Waals surface area contributed by atoms with Gasteiger partial charge in [-0.2, -0.15) is 5.26 Å². The fourth-order valence-corrected chi connectivity index (χ4v) is 4.20. The smallest absolute Gasteiger partial charge is 0.287 e. The van der Waals surface area contributed by atoms with Crippen LogP contribution in [0.5, 0.6) is 0 Å². The molecule has 1 heterocycles. The number of nitriles is 1. The lowest BCUT2D eigenvalue weighted by Gasteiger charge is -2.33. The molecule has 146 valence electrons. The number of carbonyl (C=O) groups is 2. The molecule has 7 heteroatoms. The average Bonchev–Trinajstić information content (AvgIpc) is 3.38. The number of rotatable bonds is 4. The third-order valence-corrected chi connectivity index (χ3v) is 6.26. The van der Waals surface area contributed by atoms with Gasteiger partial charge in [0.2, 0.25) is 5.91 Å². The van der Waals surface area contributed by atoms with Gasteiger partial charge in [0.1, 0.15) is 16.7 Å². The molecule has 2 saturated carbocycles. The zero-order valence-corrected chi connectivity index (χ0v) is 17.1. The Morgan fingerprint density at radius 3 is 2.39 bits per heavy atom. The molecular formula is C21H22BrN3O3. The van der Waals surface area contributed by atoms with E-state index in [2.05, 4.69) is 32.6 Å². The second-order valence-corrected chi connectivity index (χ2v) is 8.81. The largest absolute Gasteiger partial charge is 0.451 e. The predicted octanol–water partition coefficient (Wildman–Crippen LogP) is 4.19. The molecule has 1 aromatic heterocycles. The van der Waals surface area contributed by atoms with Crippen LogP contribution in [0.3, 0.4) is 0 Å². The quantitative estimate of drug-likeness (QED) is 0.692. The fraction of sp³-hybridized carbons (Fsp3) is 0.476. The molecule has 6 nitrogen and oxygen atoms in total. The fourth-order valence-electron chi connectivity index (χ4n) is 3.86. The van der Waals surface area contributed by atoms with E-state index >= 15 is 0 Å². The van der Waals surface area contributed by atoms with E-state index in [0.717, 1.165) is 35.5 Å². The molecular weight excluding hydrogens is 422 g/mol. The summed E-state index contributed by atoms with van der Waals surface area (Å²) in [6, 6.07) is 9.46. The van der Waals surface area contributed by atoms with E-state index < -0.39 is 17.0 Å². The van der Waals surface area contributed by atoms with E-state index in [4.69, 9.17) is 4.42 Å². The number of hydrogen-bond acceptors (Lipinski definition) is 4. The summed E-state index contributed by atoms with van der Waals surface area (Å²) in [7, 11) is 0. The van der Waals surface area contributed by atoms with Gasteiger partial charge in [-0.25, -0.2) is 0 Å². The van der Waals surface area contributed by atoms with Crippen molar-refractivity contribution >= 4 is 38.7 Å². The minimum Gasteiger partial charge on any atom is -0.451 e. The van der Waals surface area contributed by atoms with Crippen molar-refractivity contribution in [2.75, 3.05) is 0 Å². The van der Waals surface area contributed by atoms with Crippen LogP contribution < -0.4 is 10.6 Å². The van der Waals surface area contributed by atoms with Gasteiger partial charge in [-0.15, -0.1) is 0 Å². The summed E-state index contributed by atoms with van der Waals surface area (Å²) in [4.78, 5) is 26.1. The molecule has 0 unspecified atom stereocenters. The number of halogens is 1. The molecule has 1 aromatic carbocycles. The predicted molar refractivity (Wildman–Crippen MR) is 108 cm³/mol. The molecule has 28 heavy (non-hydrogen) atoms. The van der Waals surface area contributed by atoms with Gasteiger partial charge in [0.15, 0.2) is 5.76 Å². The Morgan fingerprint density at radius 1 is 1.04 bits per heavy atom. The van der Waals surface area contributed by atoms with Gasteiger partial charge in [-0.1, -0.05) is 41.6 Å². The van der Waals surface area contributed by atoms with Crippen LogP contribution in [0.2, 0.25) is 0 Å². The summed E-state index contributed by atoms with van der Waals surface area (Å²) >= 11 is 3.40. The lowest BCUT2D eigenvalue weighted by molar-refractivity contribution is -0.128. The molecule has 2 aliphatic carbocycles. The molecule has 2 amide bonds. The van der Waals surface area contributed by atoms with E-state index in [1.807, 2.05) is 18.2 Å². The van der Waals surface area contributed by atoms with Crippen molar-refractivity contribution in [3.05, 3.63) is 34.5 Å². The van der Waals surface area contributed by atoms with Crippen LogP contribution >= 0.6 is 15.9 Å². The maximum absolute atomic E-state index is 13.2. The van der Waals surface area contributed by atoms with E-state index in [0.29, 0.717) is 31.3 Å². The number of fused-ring (bicyclic) bond motifs is 1. The first-order valence-corrected chi connectivity index (χ1v) is 10.5. The van der Waals surface area contributed by atoms with E-state index in [1.54, 1.807) is 6.07 Å². The average molecular weight is 444 g/mol. The number of furan rings is 1. The summed E-state index contributed by atoms with van der Waals surface area (Å²) in [6.45, 7) is 0. The molecule has 0 radical (unpaired) electrons. The zero-order valence-electron chi connectivity index (χ0n) is 15.5. The molecule has 2 fully saturated rings. The zero-order chi connectivity index (χ0) is 19.8. The Kier molecular flexibility index (Phi) is 4.92. The van der Waals surface area contributed by atoms with Crippen molar-refractivity contribution < 1.29 is 14.0 Å². The normalized spacial score (nSPS) is 20.0. The second-order valence-electron chi connectivity index (χ2n) is 7.89. The first kappa shape index (κ1) is 19.0. The number of nitrogens with one attached hydrogen (secondary N) is 2. The van der Waals surface area contributed by atoms with Gasteiger partial charge >= 0.3 is 0 Å². The van der Waals surface area contributed by atoms with E-state index in [1.165, 1.54) is 0 Å². The molecule has 2 N–H and O–H groups in total. The van der Waals surface area contributed by atoms with Crippen LogP contribution in [0, 0.1) is 11.3 Å². The molecule has 0 saturated heterocycles. The van der Waals surface area contributed by atoms with Crippen LogP contribution in [0.15, 0.2) is 33.2 Å². The number of carbonyl (C=O) groups excluding carboxylic acids is 2. The molecule has 2 aromatic rings. The highest BCUT2D eigenvalue weighted by Gasteiger charge is 2.49. The van der Waals surface area contributed by atoms with Crippen molar-refractivity contribution in [2.24, 2.45) is 0 Å². The Bertz CT molecular complexity index is 963. The molecule has 0 bridgehead atoms. The Morgan fingerprint density at radius 2 is 1.75 bits per heavy atom. The van der Waals surface area contributed by atoms with Crippen LogP contribution in [0.4, 0.5) is 0 Å². The van der Waals surface area contributed by atoms with Gasteiger partial charge in [0, 0.05) is 9.86 Å². The number of benzene rings is 1. The number of amides is 2. The summed E-state index contributed by atoms with van der Waals surface area (Å²) in [5, 5.41) is 16.0. The Hall–Kier alpha value is -2.33. The highest BCUT2D eigenvalue weighted by molar-refractivity contribution is 9.10. The van der Waals surface area contributed by atoms with Crippen LogP contribution in [0.25, 0.3) is 11.0 Å². The van der Waals surface area contributed by atoms with Gasteiger partial charge < -0.3 is 15.1 Å². The van der Waals surface area contributed by atoms with Gasteiger partial charge in [-0.05, 0) is 49.9 Å². The standard InChI is InChI=1S/C21H22BrN3O3/c22-15-6-5-14-11-17(28-16(14)12-15)18(26)24-21(7-3-1-2-4-8-21)19(27)25-20(13-23)9-10-20/h5-6,11-12H,1-4,7-10H2,(H,24,26)(H,25,27). The number of hydrogen-bond donors (Lipinski definition) is 2. The maximum atomic E-state index is 13.2. The van der Waals surface area contributed by atoms with Crippen LogP contribution in [-0.2, 0) is 4.79 Å². The molecule has 0 atom stereocenters. The minimum absolute atomic E-state index is 0.186. The van der Waals surface area contributed by atoms with Crippen molar-refractivity contribution in [3.63, 3.8) is 0 Å². The number of nitrogens with zero attached hydrogens (tertiary/aromatic N) is 1. The van der Waals surface area contributed by atoms with E-state index in [9.17, 15) is 14.9 Å². The third kappa shape index (κ3) is 3.66. The molecule has 2 aliphatic rings. The highest BCUT2D eigenvalue weighted by Crippen LogP contribution is 2.36. The Balaban J connectivity index is 1.59. The Labute approximate surface area is 171 Å². The summed E-state index contributed by atoms with van der Waals surface area (Å²) in [5.74, 6) is -0.460. The topological polar surface area (TPSA) is 95.1 Å². The van der Waals surface area contributed by atoms with Crippen molar-refractivity contribution in [3.8, 4) is 6.07 Å². The second kappa shape index (κ2) is 7.25. The van der Waals surface area contributed by atoms with Gasteiger partial charge in [-0.3, -0.25) is 9.59 Å². The minimum atomic E-state index is -1.00. The lowest BCUT2D eigenvalue weighted by atomic mass is 9.88. The molecule has 0 spiro atoms. The summed E-state index contributed by atoms with van der Waals surface area (Å²) < 4.78 is 6.58. The van der Waals surface area contributed by atoms with Gasteiger partial charge in [0.05, 0.1) is 6.07 Å². The van der Waals surface area contributed by atoms with Crippen LogP contribution in [-0.4, -0.2) is 22.9 Å². The summed E-state index contributed by atoms with van der Waals surface area (Å²) in [6.07, 6.45) is 6.26. The van der Waals surface area contributed by atoms with Crippen LogP contribution in [0.1, 0.15) is 61.9 Å². The van der Waals surface area contributed by atoms with Crippen molar-refractivity contribution in [2.45, 2.75) is 62.4 Å². The maximum Gasteiger partial charge on any atom is 0.287 e. The van der Waals surface area contributed by atoms with Crippen molar-refractivity contribution in [1.29, 1.82) is 5.26 Å². The van der Waals surface area contributed by atoms with Crippen molar-refractivity contribution in [1.82, 2.24) is 10.6 Å². The summed E-state index contributed by atoms with van der Waals surface area (Å²) in [5.41, 5.74) is -1.15. The monoisotopic (exact) mass is 443 g/mol.